The molecule has 1 amide bonds. The average molecular weight is 422 g/mol. The van der Waals surface area contributed by atoms with Gasteiger partial charge in [0.25, 0.3) is 0 Å². The minimum absolute atomic E-state index is 0.106. The molecule has 9 heteroatoms. The van der Waals surface area contributed by atoms with Gasteiger partial charge in [0.1, 0.15) is 5.75 Å². The molecule has 0 bridgehead atoms. The van der Waals surface area contributed by atoms with Crippen LogP contribution in [0.5, 0.6) is 5.75 Å². The van der Waals surface area contributed by atoms with E-state index in [0.717, 1.165) is 54.9 Å². The topological polar surface area (TPSA) is 88.4 Å². The summed E-state index contributed by atoms with van der Waals surface area (Å²) in [4.78, 5) is 25.1. The number of aromatic nitrogens is 4. The van der Waals surface area contributed by atoms with Gasteiger partial charge in [-0.25, -0.2) is 9.67 Å². The molecule has 4 heterocycles. The summed E-state index contributed by atoms with van der Waals surface area (Å²) in [6.45, 7) is 5.02. The first-order valence-corrected chi connectivity index (χ1v) is 10.6. The fraction of sp³-hybridized carbons (Fsp3) is 0.455. The Bertz CT molecular complexity index is 1140. The molecule has 3 aromatic rings. The van der Waals surface area contributed by atoms with E-state index in [9.17, 15) is 4.79 Å². The highest BCUT2D eigenvalue weighted by molar-refractivity contribution is 5.76. The Morgan fingerprint density at radius 2 is 2.13 bits per heavy atom. The maximum atomic E-state index is 11.7. The van der Waals surface area contributed by atoms with Crippen molar-refractivity contribution in [3.05, 3.63) is 35.7 Å². The van der Waals surface area contributed by atoms with Crippen molar-refractivity contribution < 1.29 is 9.53 Å². The first-order valence-electron chi connectivity index (χ1n) is 10.6. The maximum absolute atomic E-state index is 11.7. The van der Waals surface area contributed by atoms with Gasteiger partial charge in [0, 0.05) is 32.8 Å². The summed E-state index contributed by atoms with van der Waals surface area (Å²) in [6.07, 6.45) is 5.54. The number of ether oxygens (including phenoxy) is 1. The second-order valence-corrected chi connectivity index (χ2v) is 8.39. The smallest absolute Gasteiger partial charge is 0.229 e. The van der Waals surface area contributed by atoms with Gasteiger partial charge < -0.3 is 19.9 Å². The fourth-order valence-corrected chi connectivity index (χ4v) is 4.42. The fourth-order valence-electron chi connectivity index (χ4n) is 4.42. The molecule has 0 radical (unpaired) electrons. The van der Waals surface area contributed by atoms with Gasteiger partial charge in [-0.2, -0.15) is 10.1 Å². The minimum Gasteiger partial charge on any atom is -0.495 e. The molecule has 162 valence electrons. The Balaban J connectivity index is 1.42. The highest BCUT2D eigenvalue weighted by atomic mass is 16.5. The number of nitrogens with one attached hydrogen (secondary N) is 1. The normalized spacial score (nSPS) is 18.5. The molecule has 5 rings (SSSR count). The summed E-state index contributed by atoms with van der Waals surface area (Å²) in [5.41, 5.74) is 4.22. The molecular formula is C22H27N7O2. The van der Waals surface area contributed by atoms with Gasteiger partial charge in [-0.15, -0.1) is 0 Å². The quantitative estimate of drug-likeness (QED) is 0.676. The van der Waals surface area contributed by atoms with Crippen molar-refractivity contribution in [3.8, 4) is 5.75 Å². The van der Waals surface area contributed by atoms with Crippen LogP contribution < -0.4 is 10.1 Å². The SMILES string of the molecule is COc1cc2c(cc1Nc1ncc3cnn(C[C@@H]4CCN4C(C)=O)c3n1)CN(C)CC2. The predicted molar refractivity (Wildman–Crippen MR) is 117 cm³/mol. The molecule has 2 aromatic heterocycles. The molecule has 1 atom stereocenters. The van der Waals surface area contributed by atoms with Crippen LogP contribution >= 0.6 is 0 Å². The van der Waals surface area contributed by atoms with Crippen LogP contribution in [0.3, 0.4) is 0 Å². The van der Waals surface area contributed by atoms with E-state index >= 15 is 0 Å². The first kappa shape index (κ1) is 19.7. The minimum atomic E-state index is 0.106. The van der Waals surface area contributed by atoms with E-state index in [0.29, 0.717) is 12.5 Å². The Labute approximate surface area is 181 Å². The summed E-state index contributed by atoms with van der Waals surface area (Å²) in [7, 11) is 3.81. The number of carbonyl (C=O) groups is 1. The standard InChI is InChI=1S/C22H27N7O2/c1-14(30)28-7-5-18(28)13-29-21-17(11-24-29)10-23-22(26-21)25-19-8-16-12-27(2)6-4-15(16)9-20(19)31-3/h8-11,18H,4-7,12-13H2,1-3H3,(H,23,25,26)/t18-/m0/s1. The van der Waals surface area contributed by atoms with Crippen molar-refractivity contribution in [2.45, 2.75) is 38.9 Å². The largest absolute Gasteiger partial charge is 0.495 e. The third-order valence-electron chi connectivity index (χ3n) is 6.28. The van der Waals surface area contributed by atoms with E-state index in [1.165, 1.54) is 11.1 Å². The van der Waals surface area contributed by atoms with Crippen molar-refractivity contribution in [1.82, 2.24) is 29.5 Å². The molecule has 0 spiro atoms. The first-order chi connectivity index (χ1) is 15.0. The van der Waals surface area contributed by atoms with Crippen LogP contribution in [0, 0.1) is 0 Å². The molecule has 1 saturated heterocycles. The van der Waals surface area contributed by atoms with Gasteiger partial charge in [-0.1, -0.05) is 0 Å². The van der Waals surface area contributed by atoms with Crippen molar-refractivity contribution in [2.75, 3.05) is 32.6 Å². The zero-order valence-corrected chi connectivity index (χ0v) is 18.1. The molecule has 2 aliphatic heterocycles. The number of likely N-dealkylation sites (tertiary alicyclic amines) is 1. The van der Waals surface area contributed by atoms with Crippen LogP contribution in [0.2, 0.25) is 0 Å². The molecule has 0 unspecified atom stereocenters. The number of anilines is 2. The lowest BCUT2D eigenvalue weighted by Gasteiger charge is -2.40. The molecule has 0 saturated carbocycles. The number of likely N-dealkylation sites (N-methyl/N-ethyl adjacent to an activating group) is 1. The second kappa shape index (κ2) is 7.81. The van der Waals surface area contributed by atoms with Crippen LogP contribution in [-0.4, -0.2) is 68.7 Å². The summed E-state index contributed by atoms with van der Waals surface area (Å²) in [5, 5.41) is 8.68. The predicted octanol–water partition coefficient (Wildman–Crippen LogP) is 2.19. The van der Waals surface area contributed by atoms with Crippen LogP contribution in [0.1, 0.15) is 24.5 Å². The molecule has 31 heavy (non-hydrogen) atoms. The highest BCUT2D eigenvalue weighted by Crippen LogP contribution is 2.33. The number of carbonyl (C=O) groups excluding carboxylic acids is 1. The summed E-state index contributed by atoms with van der Waals surface area (Å²) < 4.78 is 7.49. The number of fused-ring (bicyclic) bond motifs is 2. The lowest BCUT2D eigenvalue weighted by molar-refractivity contribution is -0.136. The molecule has 9 nitrogen and oxygen atoms in total. The van der Waals surface area contributed by atoms with Crippen LogP contribution in [0.25, 0.3) is 11.0 Å². The van der Waals surface area contributed by atoms with E-state index in [1.54, 1.807) is 26.4 Å². The van der Waals surface area contributed by atoms with Crippen molar-refractivity contribution in [1.29, 1.82) is 0 Å². The Kier molecular flexibility index (Phi) is 4.97. The van der Waals surface area contributed by atoms with Gasteiger partial charge in [-0.05, 0) is 43.1 Å². The van der Waals surface area contributed by atoms with E-state index in [1.807, 2.05) is 9.58 Å². The average Bonchev–Trinajstić information content (AvgIpc) is 3.12. The lowest BCUT2D eigenvalue weighted by atomic mass is 9.99. The van der Waals surface area contributed by atoms with E-state index in [-0.39, 0.29) is 11.9 Å². The Hall–Kier alpha value is -3.20. The lowest BCUT2D eigenvalue weighted by Crippen LogP contribution is -2.52. The molecule has 0 aliphatic carbocycles. The number of benzene rings is 1. The Morgan fingerprint density at radius 3 is 2.87 bits per heavy atom. The number of amides is 1. The van der Waals surface area contributed by atoms with Gasteiger partial charge >= 0.3 is 0 Å². The summed E-state index contributed by atoms with van der Waals surface area (Å²) in [5.74, 6) is 1.38. The van der Waals surface area contributed by atoms with Gasteiger partial charge in [0.05, 0.1) is 37.0 Å². The summed E-state index contributed by atoms with van der Waals surface area (Å²) >= 11 is 0. The van der Waals surface area contributed by atoms with Crippen molar-refractivity contribution in [2.24, 2.45) is 0 Å². The number of hydrogen-bond acceptors (Lipinski definition) is 7. The molecule has 1 aromatic carbocycles. The van der Waals surface area contributed by atoms with Crippen LogP contribution in [0.4, 0.5) is 11.6 Å². The number of hydrogen-bond donors (Lipinski definition) is 1. The van der Waals surface area contributed by atoms with Gasteiger partial charge in [-0.3, -0.25) is 4.79 Å². The number of methoxy groups -OCH3 is 1. The zero-order valence-electron chi connectivity index (χ0n) is 18.1. The zero-order chi connectivity index (χ0) is 21.5. The highest BCUT2D eigenvalue weighted by Gasteiger charge is 2.30. The third-order valence-corrected chi connectivity index (χ3v) is 6.28. The van der Waals surface area contributed by atoms with Crippen LogP contribution in [-0.2, 0) is 24.3 Å². The second-order valence-electron chi connectivity index (χ2n) is 8.39. The van der Waals surface area contributed by atoms with Crippen molar-refractivity contribution >= 4 is 28.6 Å². The maximum Gasteiger partial charge on any atom is 0.229 e. The molecule has 1 fully saturated rings. The number of rotatable bonds is 5. The molecular weight excluding hydrogens is 394 g/mol. The third kappa shape index (κ3) is 3.69. The van der Waals surface area contributed by atoms with E-state index in [4.69, 9.17) is 9.72 Å². The Morgan fingerprint density at radius 1 is 1.26 bits per heavy atom. The summed E-state index contributed by atoms with van der Waals surface area (Å²) in [6, 6.07) is 4.42. The monoisotopic (exact) mass is 421 g/mol. The van der Waals surface area contributed by atoms with Crippen LogP contribution in [0.15, 0.2) is 24.5 Å². The van der Waals surface area contributed by atoms with Crippen molar-refractivity contribution in [3.63, 3.8) is 0 Å². The van der Waals surface area contributed by atoms with Gasteiger partial charge in [0.2, 0.25) is 11.9 Å². The van der Waals surface area contributed by atoms with E-state index < -0.39 is 0 Å². The van der Waals surface area contributed by atoms with E-state index in [2.05, 4.69) is 39.5 Å². The number of nitrogens with zero attached hydrogens (tertiary/aromatic N) is 6. The van der Waals surface area contributed by atoms with Gasteiger partial charge in [0.15, 0.2) is 5.65 Å². The molecule has 1 N–H and O–H groups in total. The molecule has 2 aliphatic rings.